The van der Waals surface area contributed by atoms with Gasteiger partial charge < -0.3 is 15.2 Å². The van der Waals surface area contributed by atoms with Crippen molar-refractivity contribution in [2.45, 2.75) is 19.3 Å². The lowest BCUT2D eigenvalue weighted by molar-refractivity contribution is 0.155. The van der Waals surface area contributed by atoms with Crippen LogP contribution in [-0.2, 0) is 11.2 Å². The molecule has 0 aliphatic heterocycles. The fourth-order valence-corrected chi connectivity index (χ4v) is 2.26. The van der Waals surface area contributed by atoms with Crippen LogP contribution in [0.15, 0.2) is 48.5 Å². The molecule has 0 spiro atoms. The Bertz CT molecular complexity index is 624. The van der Waals surface area contributed by atoms with Crippen LogP contribution in [0.3, 0.4) is 0 Å². The van der Waals surface area contributed by atoms with E-state index in [0.29, 0.717) is 25.1 Å². The van der Waals surface area contributed by atoms with E-state index in [9.17, 15) is 4.79 Å². The first-order chi connectivity index (χ1) is 11.7. The molecule has 0 fully saturated rings. The summed E-state index contributed by atoms with van der Waals surface area (Å²) >= 11 is 0. The van der Waals surface area contributed by atoms with Crippen LogP contribution in [-0.4, -0.2) is 31.5 Å². The largest absolute Gasteiger partial charge is 0.449 e. The lowest BCUT2D eigenvalue weighted by Gasteiger charge is -2.08. The monoisotopic (exact) mass is 328 g/mol. The Kier molecular flexibility index (Phi) is 7.11. The molecular weight excluding hydrogens is 304 g/mol. The van der Waals surface area contributed by atoms with Crippen molar-refractivity contribution in [1.82, 2.24) is 0 Å². The summed E-state index contributed by atoms with van der Waals surface area (Å²) in [6.45, 7) is 0.428. The number of carbonyl (C=O) groups is 1. The summed E-state index contributed by atoms with van der Waals surface area (Å²) in [4.78, 5) is 11.6. The second-order valence-corrected chi connectivity index (χ2v) is 5.51. The fourth-order valence-electron chi connectivity index (χ4n) is 2.26. The van der Waals surface area contributed by atoms with Gasteiger partial charge in [0, 0.05) is 25.0 Å². The Labute approximate surface area is 142 Å². The first-order valence-corrected chi connectivity index (χ1v) is 8.11. The molecule has 0 radical (unpaired) electrons. The van der Waals surface area contributed by atoms with Gasteiger partial charge in [-0.05, 0) is 54.7 Å². The fraction of sp³-hybridized carbons (Fsp3) is 0.316. The van der Waals surface area contributed by atoms with Crippen molar-refractivity contribution < 1.29 is 14.6 Å². The predicted molar refractivity (Wildman–Crippen MR) is 96.5 cm³/mol. The SMILES string of the molecule is CNc1ccc(Cc2ccc(NC(=O)OCCCCO)cc2)cc1. The number of anilines is 2. The summed E-state index contributed by atoms with van der Waals surface area (Å²) in [5.74, 6) is 0. The van der Waals surface area contributed by atoms with E-state index in [1.807, 2.05) is 31.3 Å². The van der Waals surface area contributed by atoms with Crippen LogP contribution in [0.1, 0.15) is 24.0 Å². The molecular formula is C19H24N2O3. The highest BCUT2D eigenvalue weighted by atomic mass is 16.5. The first-order valence-electron chi connectivity index (χ1n) is 8.11. The molecule has 0 saturated heterocycles. The van der Waals surface area contributed by atoms with Crippen LogP contribution >= 0.6 is 0 Å². The number of amides is 1. The van der Waals surface area contributed by atoms with Gasteiger partial charge in [-0.25, -0.2) is 4.79 Å². The normalized spacial score (nSPS) is 10.2. The summed E-state index contributed by atoms with van der Waals surface area (Å²) < 4.78 is 5.03. The van der Waals surface area contributed by atoms with Gasteiger partial charge in [-0.1, -0.05) is 24.3 Å². The van der Waals surface area contributed by atoms with E-state index < -0.39 is 6.09 Å². The van der Waals surface area contributed by atoms with E-state index in [-0.39, 0.29) is 6.61 Å². The second kappa shape index (κ2) is 9.57. The Hall–Kier alpha value is -2.53. The van der Waals surface area contributed by atoms with E-state index in [2.05, 4.69) is 34.9 Å². The number of hydrogen-bond donors (Lipinski definition) is 3. The Morgan fingerprint density at radius 2 is 1.54 bits per heavy atom. The summed E-state index contributed by atoms with van der Waals surface area (Å²) in [7, 11) is 1.90. The molecule has 0 bridgehead atoms. The maximum absolute atomic E-state index is 11.6. The van der Waals surface area contributed by atoms with Crippen molar-refractivity contribution >= 4 is 17.5 Å². The maximum atomic E-state index is 11.6. The highest BCUT2D eigenvalue weighted by Gasteiger charge is 2.03. The minimum atomic E-state index is -0.469. The summed E-state index contributed by atoms with van der Waals surface area (Å²) in [5.41, 5.74) is 4.21. The van der Waals surface area contributed by atoms with E-state index in [1.165, 1.54) is 11.1 Å². The molecule has 0 aromatic heterocycles. The third-order valence-corrected chi connectivity index (χ3v) is 3.64. The molecule has 0 atom stereocenters. The molecule has 0 heterocycles. The van der Waals surface area contributed by atoms with Gasteiger partial charge in [-0.2, -0.15) is 0 Å². The molecule has 2 aromatic rings. The number of rotatable bonds is 8. The van der Waals surface area contributed by atoms with Crippen LogP contribution in [0, 0.1) is 0 Å². The van der Waals surface area contributed by atoms with Gasteiger partial charge >= 0.3 is 6.09 Å². The lowest BCUT2D eigenvalue weighted by atomic mass is 10.0. The van der Waals surface area contributed by atoms with Crippen molar-refractivity contribution in [2.24, 2.45) is 0 Å². The average Bonchev–Trinajstić information content (AvgIpc) is 2.61. The van der Waals surface area contributed by atoms with Gasteiger partial charge in [0.2, 0.25) is 0 Å². The summed E-state index contributed by atoms with van der Waals surface area (Å²) in [6.07, 6.45) is 1.67. The van der Waals surface area contributed by atoms with Crippen molar-refractivity contribution in [3.8, 4) is 0 Å². The zero-order valence-electron chi connectivity index (χ0n) is 13.9. The Balaban J connectivity index is 1.82. The van der Waals surface area contributed by atoms with Gasteiger partial charge in [0.25, 0.3) is 0 Å². The quantitative estimate of drug-likeness (QED) is 0.647. The smallest absolute Gasteiger partial charge is 0.411 e. The van der Waals surface area contributed by atoms with Crippen LogP contribution < -0.4 is 10.6 Å². The van der Waals surface area contributed by atoms with Gasteiger partial charge in [-0.15, -0.1) is 0 Å². The van der Waals surface area contributed by atoms with Crippen LogP contribution in [0.2, 0.25) is 0 Å². The number of ether oxygens (including phenoxy) is 1. The minimum Gasteiger partial charge on any atom is -0.449 e. The molecule has 0 aliphatic rings. The number of aliphatic hydroxyl groups excluding tert-OH is 1. The number of unbranched alkanes of at least 4 members (excludes halogenated alkanes) is 1. The van der Waals surface area contributed by atoms with Crippen LogP contribution in [0.4, 0.5) is 16.2 Å². The van der Waals surface area contributed by atoms with Gasteiger partial charge in [0.05, 0.1) is 6.61 Å². The molecule has 2 rings (SSSR count). The van der Waals surface area contributed by atoms with Gasteiger partial charge in [-0.3, -0.25) is 5.32 Å². The molecule has 5 heteroatoms. The van der Waals surface area contributed by atoms with E-state index in [4.69, 9.17) is 9.84 Å². The van der Waals surface area contributed by atoms with Gasteiger partial charge in [0.15, 0.2) is 0 Å². The predicted octanol–water partition coefficient (Wildman–Crippen LogP) is 3.64. The van der Waals surface area contributed by atoms with Crippen molar-refractivity contribution in [1.29, 1.82) is 0 Å². The summed E-state index contributed by atoms with van der Waals surface area (Å²) in [6, 6.07) is 16.0. The molecule has 0 unspecified atom stereocenters. The maximum Gasteiger partial charge on any atom is 0.411 e. The molecule has 0 aliphatic carbocycles. The van der Waals surface area contributed by atoms with Crippen molar-refractivity contribution in [2.75, 3.05) is 30.9 Å². The topological polar surface area (TPSA) is 70.6 Å². The number of benzene rings is 2. The number of aliphatic hydroxyl groups is 1. The van der Waals surface area contributed by atoms with E-state index in [0.717, 1.165) is 12.1 Å². The molecule has 3 N–H and O–H groups in total. The summed E-state index contributed by atoms with van der Waals surface area (Å²) in [5, 5.41) is 14.5. The number of nitrogens with one attached hydrogen (secondary N) is 2. The standard InChI is InChI=1S/C19H24N2O3/c1-20-17-8-4-15(5-9-17)14-16-6-10-18(11-7-16)21-19(23)24-13-3-2-12-22/h4-11,20,22H,2-3,12-14H2,1H3,(H,21,23). The van der Waals surface area contributed by atoms with E-state index >= 15 is 0 Å². The lowest BCUT2D eigenvalue weighted by Crippen LogP contribution is -2.14. The van der Waals surface area contributed by atoms with E-state index in [1.54, 1.807) is 0 Å². The van der Waals surface area contributed by atoms with Gasteiger partial charge in [0.1, 0.15) is 0 Å². The van der Waals surface area contributed by atoms with Crippen molar-refractivity contribution in [3.63, 3.8) is 0 Å². The first kappa shape index (κ1) is 17.8. The van der Waals surface area contributed by atoms with Crippen LogP contribution in [0.25, 0.3) is 0 Å². The second-order valence-electron chi connectivity index (χ2n) is 5.51. The zero-order chi connectivity index (χ0) is 17.2. The Morgan fingerprint density at radius 1 is 0.958 bits per heavy atom. The van der Waals surface area contributed by atoms with Crippen molar-refractivity contribution in [3.05, 3.63) is 59.7 Å². The molecule has 0 saturated carbocycles. The molecule has 5 nitrogen and oxygen atoms in total. The third-order valence-electron chi connectivity index (χ3n) is 3.64. The number of carbonyl (C=O) groups excluding carboxylic acids is 1. The highest BCUT2D eigenvalue weighted by Crippen LogP contribution is 2.16. The average molecular weight is 328 g/mol. The minimum absolute atomic E-state index is 0.115. The zero-order valence-corrected chi connectivity index (χ0v) is 13.9. The molecule has 24 heavy (non-hydrogen) atoms. The highest BCUT2D eigenvalue weighted by molar-refractivity contribution is 5.84. The third kappa shape index (κ3) is 5.93. The molecule has 1 amide bonds. The number of hydrogen-bond acceptors (Lipinski definition) is 4. The molecule has 128 valence electrons. The Morgan fingerprint density at radius 3 is 2.08 bits per heavy atom. The molecule has 2 aromatic carbocycles. The van der Waals surface area contributed by atoms with Crippen LogP contribution in [0.5, 0.6) is 0 Å².